The van der Waals surface area contributed by atoms with Crippen LogP contribution in [-0.4, -0.2) is 33.8 Å². The van der Waals surface area contributed by atoms with E-state index in [1.807, 2.05) is 11.0 Å². The van der Waals surface area contributed by atoms with Crippen molar-refractivity contribution in [3.63, 3.8) is 0 Å². The summed E-state index contributed by atoms with van der Waals surface area (Å²) in [6, 6.07) is 5.78. The van der Waals surface area contributed by atoms with E-state index in [4.69, 9.17) is 5.26 Å². The minimum Gasteiger partial charge on any atom is -0.366 e. The quantitative estimate of drug-likeness (QED) is 0.907. The molecule has 0 amide bonds. The molecule has 0 spiro atoms. The third-order valence-electron chi connectivity index (χ3n) is 3.49. The van der Waals surface area contributed by atoms with Crippen LogP contribution in [0, 0.1) is 17.1 Å². The molecule has 0 radical (unpaired) electrons. The van der Waals surface area contributed by atoms with Gasteiger partial charge in [0.2, 0.25) is 10.0 Å². The van der Waals surface area contributed by atoms with Gasteiger partial charge in [0.25, 0.3) is 0 Å². The molecule has 1 aliphatic rings. The van der Waals surface area contributed by atoms with E-state index in [0.29, 0.717) is 12.2 Å². The fraction of sp³-hybridized carbons (Fsp3) is 0.462. The summed E-state index contributed by atoms with van der Waals surface area (Å²) in [6.45, 7) is 0.671. The van der Waals surface area contributed by atoms with Crippen LogP contribution in [0.4, 0.5) is 10.1 Å². The maximum absolute atomic E-state index is 13.2. The second-order valence-electron chi connectivity index (χ2n) is 4.75. The van der Waals surface area contributed by atoms with Crippen LogP contribution in [0.3, 0.4) is 0 Å². The van der Waals surface area contributed by atoms with Gasteiger partial charge in [-0.1, -0.05) is 0 Å². The molecule has 1 atom stereocenters. The van der Waals surface area contributed by atoms with Crippen LogP contribution in [0.15, 0.2) is 18.2 Å². The molecule has 1 N–H and O–H groups in total. The van der Waals surface area contributed by atoms with E-state index in [9.17, 15) is 12.8 Å². The van der Waals surface area contributed by atoms with E-state index in [2.05, 4.69) is 4.72 Å². The molecule has 2 rings (SSSR count). The molecule has 0 bridgehead atoms. The Labute approximate surface area is 118 Å². The molecule has 0 unspecified atom stereocenters. The normalized spacial score (nSPS) is 19.1. The van der Waals surface area contributed by atoms with Gasteiger partial charge in [-0.15, -0.1) is 0 Å². The molecule has 0 aromatic heterocycles. The summed E-state index contributed by atoms with van der Waals surface area (Å²) in [4.78, 5) is 1.88. The van der Waals surface area contributed by atoms with Crippen molar-refractivity contribution < 1.29 is 12.8 Å². The average Bonchev–Trinajstić information content (AvgIpc) is 2.85. The monoisotopic (exact) mass is 297 g/mol. The predicted molar refractivity (Wildman–Crippen MR) is 74.3 cm³/mol. The smallest absolute Gasteiger partial charge is 0.213 e. The van der Waals surface area contributed by atoms with Gasteiger partial charge in [0.05, 0.1) is 17.0 Å². The first-order valence-electron chi connectivity index (χ1n) is 6.34. The molecule has 1 aromatic rings. The highest BCUT2D eigenvalue weighted by Crippen LogP contribution is 2.29. The minimum atomic E-state index is -3.32. The van der Waals surface area contributed by atoms with Crippen molar-refractivity contribution in [2.24, 2.45) is 0 Å². The van der Waals surface area contributed by atoms with E-state index in [-0.39, 0.29) is 17.4 Å². The number of nitrogens with one attached hydrogen (secondary N) is 1. The van der Waals surface area contributed by atoms with Crippen LogP contribution >= 0.6 is 0 Å². The lowest BCUT2D eigenvalue weighted by molar-refractivity contribution is 0.577. The summed E-state index contributed by atoms with van der Waals surface area (Å²) in [5.74, 6) is -0.491. The van der Waals surface area contributed by atoms with E-state index in [1.165, 1.54) is 25.2 Å². The molecular formula is C13H16FN3O2S. The topological polar surface area (TPSA) is 73.2 Å². The Bertz CT molecular complexity index is 640. The molecule has 0 aliphatic carbocycles. The summed E-state index contributed by atoms with van der Waals surface area (Å²) >= 11 is 0. The van der Waals surface area contributed by atoms with E-state index in [1.54, 1.807) is 0 Å². The van der Waals surface area contributed by atoms with Crippen molar-refractivity contribution >= 4 is 15.7 Å². The molecule has 5 nitrogen and oxygen atoms in total. The highest BCUT2D eigenvalue weighted by Gasteiger charge is 2.30. The second-order valence-corrected chi connectivity index (χ2v) is 6.72. The molecule has 108 valence electrons. The number of anilines is 1. The van der Waals surface area contributed by atoms with Crippen molar-refractivity contribution in [3.05, 3.63) is 29.6 Å². The van der Waals surface area contributed by atoms with E-state index >= 15 is 0 Å². The van der Waals surface area contributed by atoms with Crippen LogP contribution in [0.1, 0.15) is 18.4 Å². The van der Waals surface area contributed by atoms with Crippen LogP contribution in [0.5, 0.6) is 0 Å². The number of halogens is 1. The third kappa shape index (κ3) is 3.08. The molecule has 1 aliphatic heterocycles. The Morgan fingerprint density at radius 1 is 1.55 bits per heavy atom. The average molecular weight is 297 g/mol. The van der Waals surface area contributed by atoms with E-state index in [0.717, 1.165) is 12.8 Å². The van der Waals surface area contributed by atoms with Crippen LogP contribution in [-0.2, 0) is 10.0 Å². The number of rotatable bonds is 4. The fourth-order valence-electron chi connectivity index (χ4n) is 2.51. The Morgan fingerprint density at radius 3 is 2.95 bits per heavy atom. The number of hydrogen-bond donors (Lipinski definition) is 1. The SMILES string of the molecule is CNS(=O)(=O)C[C@H]1CCCN1c1ccc(F)cc1C#N. The number of nitrogens with zero attached hydrogens (tertiary/aromatic N) is 2. The molecule has 0 saturated carbocycles. The van der Waals surface area contributed by atoms with Gasteiger partial charge < -0.3 is 4.90 Å². The van der Waals surface area contributed by atoms with Crippen LogP contribution in [0.25, 0.3) is 0 Å². The van der Waals surface area contributed by atoms with Crippen molar-refractivity contribution in [2.45, 2.75) is 18.9 Å². The highest BCUT2D eigenvalue weighted by atomic mass is 32.2. The van der Waals surface area contributed by atoms with Gasteiger partial charge in [0, 0.05) is 12.6 Å². The summed E-state index contributed by atoms with van der Waals surface area (Å²) in [5.41, 5.74) is 0.835. The van der Waals surface area contributed by atoms with Gasteiger partial charge in [-0.3, -0.25) is 0 Å². The first-order valence-corrected chi connectivity index (χ1v) is 7.99. The van der Waals surface area contributed by atoms with Crippen molar-refractivity contribution in [1.82, 2.24) is 4.72 Å². The second kappa shape index (κ2) is 5.77. The number of nitriles is 1. The largest absolute Gasteiger partial charge is 0.366 e. The van der Waals surface area contributed by atoms with E-state index < -0.39 is 15.8 Å². The number of benzene rings is 1. The Morgan fingerprint density at radius 2 is 2.30 bits per heavy atom. The highest BCUT2D eigenvalue weighted by molar-refractivity contribution is 7.89. The first kappa shape index (κ1) is 14.8. The summed E-state index contributed by atoms with van der Waals surface area (Å²) in [6.07, 6.45) is 1.59. The molecule has 1 heterocycles. The minimum absolute atomic E-state index is 0.0221. The van der Waals surface area contributed by atoms with Crippen LogP contribution in [0.2, 0.25) is 0 Å². The van der Waals surface area contributed by atoms with Crippen LogP contribution < -0.4 is 9.62 Å². The first-order chi connectivity index (χ1) is 9.46. The van der Waals surface area contributed by atoms with Gasteiger partial charge in [-0.2, -0.15) is 5.26 Å². The summed E-state index contributed by atoms with van der Waals surface area (Å²) in [7, 11) is -1.94. The van der Waals surface area contributed by atoms with Crippen molar-refractivity contribution in [2.75, 3.05) is 24.2 Å². The molecule has 1 saturated heterocycles. The van der Waals surface area contributed by atoms with Gasteiger partial charge in [0.1, 0.15) is 11.9 Å². The Balaban J connectivity index is 2.30. The Hall–Kier alpha value is -1.65. The zero-order valence-electron chi connectivity index (χ0n) is 11.1. The standard InChI is InChI=1S/C13H16FN3O2S/c1-16-20(18,19)9-12-3-2-6-17(12)13-5-4-11(14)7-10(13)8-15/h4-5,7,12,16H,2-3,6,9H2,1H3/t12-/m1/s1. The zero-order chi connectivity index (χ0) is 14.8. The lowest BCUT2D eigenvalue weighted by Crippen LogP contribution is -2.38. The summed E-state index contributed by atoms with van der Waals surface area (Å²) in [5, 5.41) is 9.09. The summed E-state index contributed by atoms with van der Waals surface area (Å²) < 4.78 is 38.8. The van der Waals surface area contributed by atoms with Crippen molar-refractivity contribution in [1.29, 1.82) is 5.26 Å². The van der Waals surface area contributed by atoms with Crippen molar-refractivity contribution in [3.8, 4) is 6.07 Å². The lowest BCUT2D eigenvalue weighted by atomic mass is 10.1. The Kier molecular flexibility index (Phi) is 4.26. The third-order valence-corrected chi connectivity index (χ3v) is 4.93. The number of sulfonamides is 1. The fourth-order valence-corrected chi connectivity index (χ4v) is 3.53. The molecular weight excluding hydrogens is 281 g/mol. The van der Waals surface area contributed by atoms with Gasteiger partial charge in [0.15, 0.2) is 0 Å². The van der Waals surface area contributed by atoms with Gasteiger partial charge in [-0.25, -0.2) is 17.5 Å². The molecule has 1 aromatic carbocycles. The molecule has 1 fully saturated rings. The lowest BCUT2D eigenvalue weighted by Gasteiger charge is -2.27. The maximum Gasteiger partial charge on any atom is 0.213 e. The molecule has 7 heteroatoms. The predicted octanol–water partition coefficient (Wildman–Crippen LogP) is 1.22. The van der Waals surface area contributed by atoms with Gasteiger partial charge in [-0.05, 0) is 38.1 Å². The maximum atomic E-state index is 13.2. The number of hydrogen-bond acceptors (Lipinski definition) is 4. The van der Waals surface area contributed by atoms with Gasteiger partial charge >= 0.3 is 0 Å². The molecule has 20 heavy (non-hydrogen) atoms. The zero-order valence-corrected chi connectivity index (χ0v) is 12.0.